The highest BCUT2D eigenvalue weighted by Crippen LogP contribution is 2.43. The average molecular weight is 1180 g/mol. The van der Waals surface area contributed by atoms with Gasteiger partial charge in [0.15, 0.2) is 6.10 Å². The van der Waals surface area contributed by atoms with Gasteiger partial charge in [-0.1, -0.05) is 310 Å². The van der Waals surface area contributed by atoms with Crippen LogP contribution in [0, 0.1) is 0 Å². The molecule has 2 atom stereocenters. The van der Waals surface area contributed by atoms with Crippen LogP contribution >= 0.6 is 7.82 Å². The van der Waals surface area contributed by atoms with Gasteiger partial charge < -0.3 is 20.1 Å². The molecule has 0 saturated heterocycles. The molecular formula is C73H130NO8P. The maximum Gasteiger partial charge on any atom is 0.472 e. The Labute approximate surface area is 512 Å². The summed E-state index contributed by atoms with van der Waals surface area (Å²) in [7, 11) is -4.40. The van der Waals surface area contributed by atoms with Gasteiger partial charge in [0.05, 0.1) is 13.2 Å². The van der Waals surface area contributed by atoms with Crippen molar-refractivity contribution in [2.75, 3.05) is 26.4 Å². The molecule has 0 spiro atoms. The van der Waals surface area contributed by atoms with Crippen molar-refractivity contribution in [3.05, 3.63) is 97.2 Å². The third-order valence-corrected chi connectivity index (χ3v) is 15.9. The largest absolute Gasteiger partial charge is 0.472 e. The minimum atomic E-state index is -4.40. The Hall–Kier alpha value is -3.07. The van der Waals surface area contributed by atoms with Gasteiger partial charge in [0.2, 0.25) is 0 Å². The van der Waals surface area contributed by atoms with Gasteiger partial charge in [-0.15, -0.1) is 0 Å². The van der Waals surface area contributed by atoms with Crippen LogP contribution in [0.5, 0.6) is 0 Å². The quantitative estimate of drug-likeness (QED) is 0.0264. The second-order valence-corrected chi connectivity index (χ2v) is 24.5. The summed E-state index contributed by atoms with van der Waals surface area (Å²) in [4.78, 5) is 35.3. The molecule has 2 unspecified atom stereocenters. The predicted octanol–water partition coefficient (Wildman–Crippen LogP) is 22.7. The smallest absolute Gasteiger partial charge is 0.462 e. The maximum atomic E-state index is 12.8. The van der Waals surface area contributed by atoms with Gasteiger partial charge in [-0.25, -0.2) is 4.57 Å². The first-order valence-corrected chi connectivity index (χ1v) is 36.2. The van der Waals surface area contributed by atoms with Crippen molar-refractivity contribution in [2.24, 2.45) is 5.73 Å². The molecule has 3 N–H and O–H groups in total. The normalized spacial score (nSPS) is 13.5. The first kappa shape index (κ1) is 79.9. The maximum absolute atomic E-state index is 12.8. The Morgan fingerprint density at radius 3 is 0.988 bits per heavy atom. The van der Waals surface area contributed by atoms with E-state index < -0.39 is 26.5 Å². The fourth-order valence-corrected chi connectivity index (χ4v) is 10.6. The van der Waals surface area contributed by atoms with E-state index in [2.05, 4.69) is 111 Å². The predicted molar refractivity (Wildman–Crippen MR) is 358 cm³/mol. The van der Waals surface area contributed by atoms with Crippen molar-refractivity contribution in [1.29, 1.82) is 0 Å². The molecule has 0 aliphatic heterocycles. The molecule has 10 heteroatoms. The summed E-state index contributed by atoms with van der Waals surface area (Å²) in [6.07, 6.45) is 92.1. The number of esters is 2. The molecule has 0 rings (SSSR count). The molecule has 0 aromatic rings. The summed E-state index contributed by atoms with van der Waals surface area (Å²) in [5.74, 6) is -0.818. The number of allylic oxidation sites excluding steroid dienone is 16. The van der Waals surface area contributed by atoms with Gasteiger partial charge in [0.1, 0.15) is 6.61 Å². The van der Waals surface area contributed by atoms with E-state index in [1.54, 1.807) is 0 Å². The van der Waals surface area contributed by atoms with Crippen LogP contribution in [0.25, 0.3) is 0 Å². The molecule has 0 aromatic carbocycles. The van der Waals surface area contributed by atoms with E-state index in [4.69, 9.17) is 24.3 Å². The van der Waals surface area contributed by atoms with Crippen molar-refractivity contribution < 1.29 is 37.6 Å². The van der Waals surface area contributed by atoms with Crippen LogP contribution in [0.15, 0.2) is 97.2 Å². The molecule has 480 valence electrons. The lowest BCUT2D eigenvalue weighted by Crippen LogP contribution is -2.29. The summed E-state index contributed by atoms with van der Waals surface area (Å²) in [6, 6.07) is 0. The van der Waals surface area contributed by atoms with Gasteiger partial charge in [-0.3, -0.25) is 18.6 Å². The molecule has 0 aromatic heterocycles. The number of nitrogens with two attached hydrogens (primary N) is 1. The van der Waals surface area contributed by atoms with Crippen LogP contribution in [0.4, 0.5) is 0 Å². The third-order valence-electron chi connectivity index (χ3n) is 15.0. The Morgan fingerprint density at radius 2 is 0.663 bits per heavy atom. The Morgan fingerprint density at radius 1 is 0.373 bits per heavy atom. The Bertz CT molecular complexity index is 1680. The average Bonchev–Trinajstić information content (AvgIpc) is 3.49. The standard InChI is InChI=1S/C73H130NO8P/c1-3-5-7-9-11-13-15-17-19-21-23-25-27-29-30-31-32-33-34-35-36-37-38-39-40-42-44-46-48-50-52-54-56-58-60-62-64-66-73(76)82-71(70-81-83(77,78)80-68-67-74)69-79-72(75)65-63-61-59-57-55-53-51-49-47-45-43-41-28-26-24-22-20-18-16-14-12-10-8-6-4-2/h5,7,11,13,16-19,22-25,29-30,32-33,71H,3-4,6,8-10,12,14-15,20-21,26-28,31,34-70,74H2,1-2H3,(H,77,78)/b7-5-,13-11-,18-16-,19-17-,24-22-,25-23-,30-29-,33-32-. The van der Waals surface area contributed by atoms with Crippen molar-refractivity contribution >= 4 is 19.8 Å². The topological polar surface area (TPSA) is 134 Å². The molecular weight excluding hydrogens is 1050 g/mol. The first-order chi connectivity index (χ1) is 40.8. The summed E-state index contributed by atoms with van der Waals surface area (Å²) in [5, 5.41) is 0. The lowest BCUT2D eigenvalue weighted by Gasteiger charge is -2.19. The van der Waals surface area contributed by atoms with E-state index in [-0.39, 0.29) is 38.6 Å². The second kappa shape index (κ2) is 68.0. The van der Waals surface area contributed by atoms with Crippen LogP contribution in [0.2, 0.25) is 0 Å². The number of rotatable bonds is 65. The zero-order chi connectivity index (χ0) is 60.1. The van der Waals surface area contributed by atoms with Gasteiger partial charge >= 0.3 is 19.8 Å². The lowest BCUT2D eigenvalue weighted by atomic mass is 10.0. The molecule has 0 heterocycles. The fraction of sp³-hybridized carbons (Fsp3) is 0.753. The number of carbonyl (C=O) groups excluding carboxylic acids is 2. The molecule has 9 nitrogen and oxygen atoms in total. The number of hydrogen-bond acceptors (Lipinski definition) is 8. The van der Waals surface area contributed by atoms with E-state index in [0.29, 0.717) is 6.42 Å². The summed E-state index contributed by atoms with van der Waals surface area (Å²) >= 11 is 0. The third kappa shape index (κ3) is 67.9. The highest BCUT2D eigenvalue weighted by molar-refractivity contribution is 7.47. The zero-order valence-corrected chi connectivity index (χ0v) is 54.8. The SMILES string of the molecule is CC/C=C\C/C=C\C/C=C\C/C=C\C/C=C\C/C=C\CCCCCCCCCCCCCCCCCCCCC(=O)OC(COC(=O)CCCCCCCCCCCCCCC/C=C\C/C=C\CCCCCCC)COP(=O)(O)OCCN. The van der Waals surface area contributed by atoms with Crippen molar-refractivity contribution in [3.8, 4) is 0 Å². The second-order valence-electron chi connectivity index (χ2n) is 23.0. The number of phosphoric acid groups is 1. The molecule has 0 radical (unpaired) electrons. The Balaban J connectivity index is 3.86. The van der Waals surface area contributed by atoms with Gasteiger partial charge in [-0.2, -0.15) is 0 Å². The number of unbranched alkanes of at least 4 members (excludes halogenated alkanes) is 36. The van der Waals surface area contributed by atoms with Gasteiger partial charge in [0.25, 0.3) is 0 Å². The molecule has 0 bridgehead atoms. The van der Waals surface area contributed by atoms with E-state index in [0.717, 1.165) is 83.5 Å². The minimum absolute atomic E-state index is 0.0519. The van der Waals surface area contributed by atoms with E-state index in [1.165, 1.54) is 205 Å². The number of phosphoric ester groups is 1. The first-order valence-electron chi connectivity index (χ1n) is 34.7. The van der Waals surface area contributed by atoms with E-state index in [9.17, 15) is 19.0 Å². The molecule has 0 saturated carbocycles. The molecule has 0 aliphatic carbocycles. The van der Waals surface area contributed by atoms with E-state index in [1.807, 2.05) is 0 Å². The van der Waals surface area contributed by atoms with Crippen LogP contribution in [-0.4, -0.2) is 49.3 Å². The molecule has 83 heavy (non-hydrogen) atoms. The van der Waals surface area contributed by atoms with Crippen LogP contribution in [-0.2, 0) is 32.7 Å². The summed E-state index contributed by atoms with van der Waals surface area (Å²) in [5.41, 5.74) is 5.40. The van der Waals surface area contributed by atoms with Crippen LogP contribution < -0.4 is 5.73 Å². The minimum Gasteiger partial charge on any atom is -0.462 e. The molecule has 0 fully saturated rings. The number of hydrogen-bond donors (Lipinski definition) is 2. The molecule has 0 amide bonds. The van der Waals surface area contributed by atoms with Gasteiger partial charge in [0, 0.05) is 19.4 Å². The van der Waals surface area contributed by atoms with Crippen LogP contribution in [0.1, 0.15) is 322 Å². The number of ether oxygens (including phenoxy) is 2. The molecule has 0 aliphatic rings. The lowest BCUT2D eigenvalue weighted by molar-refractivity contribution is -0.161. The summed E-state index contributed by atoms with van der Waals surface area (Å²) in [6.45, 7) is 3.66. The van der Waals surface area contributed by atoms with Crippen molar-refractivity contribution in [3.63, 3.8) is 0 Å². The highest BCUT2D eigenvalue weighted by Gasteiger charge is 2.26. The highest BCUT2D eigenvalue weighted by atomic mass is 31.2. The summed E-state index contributed by atoms with van der Waals surface area (Å²) < 4.78 is 33.2. The van der Waals surface area contributed by atoms with Crippen molar-refractivity contribution in [1.82, 2.24) is 0 Å². The Kier molecular flexibility index (Phi) is 65.5. The van der Waals surface area contributed by atoms with Crippen LogP contribution in [0.3, 0.4) is 0 Å². The number of carbonyl (C=O) groups is 2. The van der Waals surface area contributed by atoms with Crippen molar-refractivity contribution in [2.45, 2.75) is 328 Å². The van der Waals surface area contributed by atoms with E-state index >= 15 is 0 Å². The fourth-order valence-electron chi connectivity index (χ4n) is 9.85. The monoisotopic (exact) mass is 1180 g/mol. The van der Waals surface area contributed by atoms with Gasteiger partial charge in [-0.05, 0) is 96.3 Å². The zero-order valence-electron chi connectivity index (χ0n) is 53.9.